The van der Waals surface area contributed by atoms with Crippen molar-refractivity contribution in [2.75, 3.05) is 0 Å². The zero-order valence-electron chi connectivity index (χ0n) is 11.1. The maximum absolute atomic E-state index is 9.73. The number of hydrogen-bond donors (Lipinski definition) is 1. The maximum atomic E-state index is 9.73. The molecule has 0 radical (unpaired) electrons. The number of halogens is 1. The topological polar surface area (TPSA) is 29.5 Å². The van der Waals surface area contributed by atoms with Crippen molar-refractivity contribution in [2.24, 2.45) is 0 Å². The molecule has 2 aromatic carbocycles. The van der Waals surface area contributed by atoms with E-state index in [0.29, 0.717) is 11.6 Å². The molecule has 0 saturated heterocycles. The lowest BCUT2D eigenvalue weighted by atomic mass is 10.1. The molecular formula is C16H17ClO2. The molecule has 0 fully saturated rings. The van der Waals surface area contributed by atoms with Crippen LogP contribution >= 0.6 is 11.6 Å². The molecule has 0 bridgehead atoms. The summed E-state index contributed by atoms with van der Waals surface area (Å²) < 4.78 is 5.80. The second-order valence-corrected chi connectivity index (χ2v) is 5.07. The summed E-state index contributed by atoms with van der Waals surface area (Å²) in [5.41, 5.74) is 2.96. The number of ether oxygens (including phenoxy) is 1. The fourth-order valence-electron chi connectivity index (χ4n) is 1.85. The maximum Gasteiger partial charge on any atom is 0.125 e. The first-order valence-electron chi connectivity index (χ1n) is 6.22. The van der Waals surface area contributed by atoms with Gasteiger partial charge in [-0.1, -0.05) is 35.9 Å². The van der Waals surface area contributed by atoms with Crippen LogP contribution in [0.5, 0.6) is 5.75 Å². The molecule has 2 nitrogen and oxygen atoms in total. The molecule has 0 aliphatic rings. The molecule has 0 unspecified atom stereocenters. The highest BCUT2D eigenvalue weighted by molar-refractivity contribution is 6.30. The largest absolute Gasteiger partial charge is 0.489 e. The number of hydrogen-bond acceptors (Lipinski definition) is 2. The summed E-state index contributed by atoms with van der Waals surface area (Å²) in [7, 11) is 0. The summed E-state index contributed by atoms with van der Waals surface area (Å²) in [6, 6.07) is 13.4. The Bertz CT molecular complexity index is 547. The van der Waals surface area contributed by atoms with Crippen molar-refractivity contribution in [3.8, 4) is 5.75 Å². The third kappa shape index (κ3) is 3.72. The van der Waals surface area contributed by atoms with Crippen LogP contribution in [0.1, 0.15) is 29.7 Å². The average Bonchev–Trinajstić information content (AvgIpc) is 2.38. The molecule has 0 aromatic heterocycles. The average molecular weight is 277 g/mol. The molecular weight excluding hydrogens is 260 g/mol. The highest BCUT2D eigenvalue weighted by atomic mass is 35.5. The van der Waals surface area contributed by atoms with Crippen molar-refractivity contribution >= 4 is 11.6 Å². The Balaban J connectivity index is 2.14. The van der Waals surface area contributed by atoms with E-state index in [2.05, 4.69) is 0 Å². The van der Waals surface area contributed by atoms with Gasteiger partial charge in [0.1, 0.15) is 12.4 Å². The van der Waals surface area contributed by atoms with Crippen molar-refractivity contribution in [1.82, 2.24) is 0 Å². The highest BCUT2D eigenvalue weighted by Crippen LogP contribution is 2.27. The first-order valence-corrected chi connectivity index (χ1v) is 6.60. The molecule has 0 aliphatic heterocycles. The van der Waals surface area contributed by atoms with Gasteiger partial charge in [0.15, 0.2) is 0 Å². The Morgan fingerprint density at radius 2 is 1.84 bits per heavy atom. The minimum Gasteiger partial charge on any atom is -0.489 e. The van der Waals surface area contributed by atoms with Crippen molar-refractivity contribution in [1.29, 1.82) is 0 Å². The first-order chi connectivity index (χ1) is 9.06. The van der Waals surface area contributed by atoms with Gasteiger partial charge in [0.2, 0.25) is 0 Å². The van der Waals surface area contributed by atoms with E-state index in [9.17, 15) is 5.11 Å². The van der Waals surface area contributed by atoms with Gasteiger partial charge < -0.3 is 9.84 Å². The number of aryl methyl sites for hydroxylation is 1. The quantitative estimate of drug-likeness (QED) is 0.903. The van der Waals surface area contributed by atoms with E-state index in [0.717, 1.165) is 22.4 Å². The van der Waals surface area contributed by atoms with Crippen molar-refractivity contribution in [3.63, 3.8) is 0 Å². The second-order valence-electron chi connectivity index (χ2n) is 4.63. The molecule has 0 heterocycles. The zero-order valence-corrected chi connectivity index (χ0v) is 11.8. The van der Waals surface area contributed by atoms with Gasteiger partial charge in [0.05, 0.1) is 6.10 Å². The lowest BCUT2D eigenvalue weighted by molar-refractivity contribution is 0.190. The van der Waals surface area contributed by atoms with Crippen molar-refractivity contribution in [2.45, 2.75) is 26.6 Å². The summed E-state index contributed by atoms with van der Waals surface area (Å²) in [6.07, 6.45) is -0.541. The molecule has 3 heteroatoms. The van der Waals surface area contributed by atoms with E-state index >= 15 is 0 Å². The minimum absolute atomic E-state index is 0.459. The van der Waals surface area contributed by atoms with Gasteiger partial charge in [-0.2, -0.15) is 0 Å². The van der Waals surface area contributed by atoms with Crippen LogP contribution in [0.15, 0.2) is 42.5 Å². The van der Waals surface area contributed by atoms with Gasteiger partial charge in [-0.3, -0.25) is 0 Å². The fraction of sp³-hybridized carbons (Fsp3) is 0.250. The molecule has 0 spiro atoms. The summed E-state index contributed by atoms with van der Waals surface area (Å²) in [5, 5.41) is 10.4. The smallest absolute Gasteiger partial charge is 0.125 e. The van der Waals surface area contributed by atoms with Gasteiger partial charge in [0, 0.05) is 10.6 Å². The summed E-state index contributed by atoms with van der Waals surface area (Å²) >= 11 is 5.84. The van der Waals surface area contributed by atoms with Crippen LogP contribution in [0, 0.1) is 6.92 Å². The number of aliphatic hydroxyl groups is 1. The first kappa shape index (κ1) is 13.9. The van der Waals surface area contributed by atoms with Crippen LogP contribution in [0.25, 0.3) is 0 Å². The number of aliphatic hydroxyl groups excluding tert-OH is 1. The molecule has 19 heavy (non-hydrogen) atoms. The van der Waals surface area contributed by atoms with Gasteiger partial charge in [-0.15, -0.1) is 0 Å². The highest BCUT2D eigenvalue weighted by Gasteiger charge is 2.09. The van der Waals surface area contributed by atoms with E-state index in [1.165, 1.54) is 0 Å². The Kier molecular flexibility index (Phi) is 4.46. The van der Waals surface area contributed by atoms with Gasteiger partial charge in [-0.25, -0.2) is 0 Å². The van der Waals surface area contributed by atoms with E-state index < -0.39 is 6.10 Å². The van der Waals surface area contributed by atoms with E-state index in [1.54, 1.807) is 6.92 Å². The van der Waals surface area contributed by atoms with Crippen LogP contribution in [-0.2, 0) is 6.61 Å². The summed E-state index contributed by atoms with van der Waals surface area (Å²) in [4.78, 5) is 0. The van der Waals surface area contributed by atoms with Crippen LogP contribution in [0.2, 0.25) is 5.02 Å². The Hall–Kier alpha value is -1.51. The lowest BCUT2D eigenvalue weighted by Gasteiger charge is -2.14. The molecule has 1 atom stereocenters. The van der Waals surface area contributed by atoms with Crippen molar-refractivity contribution in [3.05, 3.63) is 64.2 Å². The van der Waals surface area contributed by atoms with Crippen molar-refractivity contribution < 1.29 is 9.84 Å². The molecule has 0 saturated carbocycles. The van der Waals surface area contributed by atoms with E-state index in [4.69, 9.17) is 16.3 Å². The van der Waals surface area contributed by atoms with E-state index in [-0.39, 0.29) is 0 Å². The Morgan fingerprint density at radius 1 is 1.16 bits per heavy atom. The third-order valence-corrected chi connectivity index (χ3v) is 3.18. The molecule has 100 valence electrons. The number of rotatable bonds is 4. The predicted octanol–water partition coefficient (Wildman–Crippen LogP) is 4.28. The second kappa shape index (κ2) is 6.09. The van der Waals surface area contributed by atoms with Crippen LogP contribution in [-0.4, -0.2) is 5.11 Å². The Morgan fingerprint density at radius 3 is 2.47 bits per heavy atom. The van der Waals surface area contributed by atoms with Gasteiger partial charge in [0.25, 0.3) is 0 Å². The normalized spacial score (nSPS) is 12.2. The molecule has 1 N–H and O–H groups in total. The molecule has 0 amide bonds. The minimum atomic E-state index is -0.541. The molecule has 2 rings (SSSR count). The standard InChI is InChI=1S/C16H17ClO2/c1-11-3-8-15(12(2)18)16(9-11)19-10-13-4-6-14(17)7-5-13/h3-9,12,18H,10H2,1-2H3/t12-/m1/s1. The van der Waals surface area contributed by atoms with Crippen LogP contribution < -0.4 is 4.74 Å². The lowest BCUT2D eigenvalue weighted by Crippen LogP contribution is -2.01. The zero-order chi connectivity index (χ0) is 13.8. The van der Waals surface area contributed by atoms with E-state index in [1.807, 2.05) is 49.4 Å². The van der Waals surface area contributed by atoms with Gasteiger partial charge in [-0.05, 0) is 43.2 Å². The predicted molar refractivity (Wildman–Crippen MR) is 77.6 cm³/mol. The monoisotopic (exact) mass is 276 g/mol. The Labute approximate surface area is 118 Å². The molecule has 2 aromatic rings. The van der Waals surface area contributed by atoms with Crippen LogP contribution in [0.4, 0.5) is 0 Å². The summed E-state index contributed by atoms with van der Waals surface area (Å²) in [6.45, 7) is 4.20. The summed E-state index contributed by atoms with van der Waals surface area (Å²) in [5.74, 6) is 0.727. The third-order valence-electron chi connectivity index (χ3n) is 2.93. The fourth-order valence-corrected chi connectivity index (χ4v) is 1.98. The van der Waals surface area contributed by atoms with Crippen LogP contribution in [0.3, 0.4) is 0 Å². The number of benzene rings is 2. The molecule has 0 aliphatic carbocycles. The SMILES string of the molecule is Cc1ccc([C@@H](C)O)c(OCc2ccc(Cl)cc2)c1. The van der Waals surface area contributed by atoms with Gasteiger partial charge >= 0.3 is 0 Å².